The van der Waals surface area contributed by atoms with Gasteiger partial charge >= 0.3 is 11.9 Å². The number of benzene rings is 5. The maximum atomic E-state index is 11.5. The largest absolute Gasteiger partial charge is 0.494 e. The summed E-state index contributed by atoms with van der Waals surface area (Å²) in [5.41, 5.74) is 4.78. The van der Waals surface area contributed by atoms with Crippen LogP contribution in [0.4, 0.5) is 0 Å². The molecule has 0 unspecified atom stereocenters. The van der Waals surface area contributed by atoms with Crippen LogP contribution in [-0.2, 0) is 14.3 Å². The first-order valence-corrected chi connectivity index (χ1v) is 15.9. The van der Waals surface area contributed by atoms with Gasteiger partial charge in [-0.2, -0.15) is 0 Å². The molecule has 0 saturated heterocycles. The number of hydrogen-bond donors (Lipinski definition) is 0. The molecule has 0 radical (unpaired) electrons. The number of hydrogen-bond acceptors (Lipinski definition) is 5. The number of unbranched alkanes of at least 4 members (excludes halogenated alkanes) is 3. The number of rotatable bonds is 11. The summed E-state index contributed by atoms with van der Waals surface area (Å²) in [6, 6.07) is 29.8. The Morgan fingerprint density at radius 2 is 1.10 bits per heavy atom. The Bertz CT molecular complexity index is 2120. The Hall–Kier alpha value is -6.04. The van der Waals surface area contributed by atoms with E-state index in [1.165, 1.54) is 6.08 Å². The van der Waals surface area contributed by atoms with E-state index in [1.54, 1.807) is 6.07 Å². The maximum absolute atomic E-state index is 11.5. The second-order valence-corrected chi connectivity index (χ2v) is 11.2. The molecule has 0 atom stereocenters. The molecule has 0 aliphatic carbocycles. The zero-order chi connectivity index (χ0) is 33.7. The molecule has 0 aliphatic rings. The van der Waals surface area contributed by atoms with E-state index in [-0.39, 0.29) is 5.97 Å². The highest BCUT2D eigenvalue weighted by molar-refractivity contribution is 5.88. The molecule has 0 N–H and O–H groups in total. The molecule has 0 saturated carbocycles. The summed E-state index contributed by atoms with van der Waals surface area (Å²) in [6.07, 6.45) is 6.12. The van der Waals surface area contributed by atoms with Gasteiger partial charge in [-0.25, -0.2) is 9.59 Å². The molecule has 238 valence electrons. The highest BCUT2D eigenvalue weighted by atomic mass is 16.5. The van der Waals surface area contributed by atoms with Crippen LogP contribution in [0.2, 0.25) is 0 Å². The summed E-state index contributed by atoms with van der Waals surface area (Å²) in [6.45, 7) is 9.95. The van der Waals surface area contributed by atoms with Gasteiger partial charge in [-0.1, -0.05) is 61.1 Å². The van der Waals surface area contributed by atoms with Crippen molar-refractivity contribution in [2.45, 2.75) is 32.6 Å². The number of fused-ring (bicyclic) bond motifs is 2. The summed E-state index contributed by atoms with van der Waals surface area (Å²) >= 11 is 0. The second kappa shape index (κ2) is 16.5. The van der Waals surface area contributed by atoms with E-state index < -0.39 is 5.97 Å². The zero-order valence-corrected chi connectivity index (χ0v) is 27.0. The van der Waals surface area contributed by atoms with Crippen molar-refractivity contribution in [3.63, 3.8) is 0 Å². The number of esters is 2. The first kappa shape index (κ1) is 33.3. The SMILES string of the molecule is C=CC(=O)OCCCCCCOc1ccc2cc(C#Cc3ccc(C#Cc4ccc5cc(OC(=O)C=C)ccc5c4)cc3C)ccc2c1. The van der Waals surface area contributed by atoms with E-state index in [2.05, 4.69) is 67.2 Å². The third-order valence-corrected chi connectivity index (χ3v) is 7.65. The molecule has 0 spiro atoms. The van der Waals surface area contributed by atoms with E-state index in [0.717, 1.165) is 86.9 Å². The van der Waals surface area contributed by atoms with Gasteiger partial charge in [0, 0.05) is 34.4 Å². The molecule has 0 aromatic heterocycles. The Labute approximate surface area is 281 Å². The van der Waals surface area contributed by atoms with Crippen LogP contribution in [0.1, 0.15) is 53.5 Å². The van der Waals surface area contributed by atoms with E-state index in [9.17, 15) is 9.59 Å². The first-order chi connectivity index (χ1) is 23.4. The number of carbonyl (C=O) groups is 2. The van der Waals surface area contributed by atoms with Crippen molar-refractivity contribution in [1.82, 2.24) is 0 Å². The fourth-order valence-electron chi connectivity index (χ4n) is 5.06. The van der Waals surface area contributed by atoms with Gasteiger partial charge < -0.3 is 14.2 Å². The Morgan fingerprint density at radius 3 is 1.75 bits per heavy atom. The number of aryl methyl sites for hydroxylation is 1. The molecule has 0 fully saturated rings. The van der Waals surface area contributed by atoms with E-state index in [1.807, 2.05) is 61.5 Å². The van der Waals surface area contributed by atoms with Gasteiger partial charge in [0.2, 0.25) is 0 Å². The fourth-order valence-corrected chi connectivity index (χ4v) is 5.06. The molecule has 5 aromatic carbocycles. The van der Waals surface area contributed by atoms with Crippen LogP contribution in [-0.4, -0.2) is 25.2 Å². The van der Waals surface area contributed by atoms with Gasteiger partial charge in [0.1, 0.15) is 11.5 Å². The third kappa shape index (κ3) is 9.49. The van der Waals surface area contributed by atoms with Crippen LogP contribution in [0.5, 0.6) is 11.5 Å². The second-order valence-electron chi connectivity index (χ2n) is 11.2. The van der Waals surface area contributed by atoms with Gasteiger partial charge in [-0.15, -0.1) is 0 Å². The van der Waals surface area contributed by atoms with Crippen molar-refractivity contribution in [2.75, 3.05) is 13.2 Å². The third-order valence-electron chi connectivity index (χ3n) is 7.65. The van der Waals surface area contributed by atoms with Crippen molar-refractivity contribution >= 4 is 33.5 Å². The lowest BCUT2D eigenvalue weighted by Crippen LogP contribution is -2.02. The van der Waals surface area contributed by atoms with E-state index >= 15 is 0 Å². The lowest BCUT2D eigenvalue weighted by atomic mass is 10.0. The van der Waals surface area contributed by atoms with Crippen molar-refractivity contribution in [2.24, 2.45) is 0 Å². The topological polar surface area (TPSA) is 61.8 Å². The van der Waals surface area contributed by atoms with Gasteiger partial charge in [0.05, 0.1) is 13.2 Å². The molecule has 0 aliphatic heterocycles. The lowest BCUT2D eigenvalue weighted by Gasteiger charge is -2.08. The molecule has 48 heavy (non-hydrogen) atoms. The molecular formula is C43H36O5. The minimum Gasteiger partial charge on any atom is -0.494 e. The first-order valence-electron chi connectivity index (χ1n) is 15.9. The molecule has 0 amide bonds. The van der Waals surface area contributed by atoms with Gasteiger partial charge in [-0.3, -0.25) is 0 Å². The van der Waals surface area contributed by atoms with Crippen LogP contribution in [0, 0.1) is 30.6 Å². The molecule has 5 rings (SSSR count). The summed E-state index contributed by atoms with van der Waals surface area (Å²) in [5.74, 6) is 13.6. The van der Waals surface area contributed by atoms with Crippen LogP contribution in [0.25, 0.3) is 21.5 Å². The predicted molar refractivity (Wildman–Crippen MR) is 192 cm³/mol. The molecular weight excluding hydrogens is 596 g/mol. The summed E-state index contributed by atoms with van der Waals surface area (Å²) in [5, 5.41) is 4.18. The van der Waals surface area contributed by atoms with Gasteiger partial charge in [-0.05, 0) is 126 Å². The minimum atomic E-state index is -0.484. The van der Waals surface area contributed by atoms with E-state index in [4.69, 9.17) is 14.2 Å². The quantitative estimate of drug-likeness (QED) is 0.0479. The summed E-state index contributed by atoms with van der Waals surface area (Å²) < 4.78 is 16.2. The monoisotopic (exact) mass is 632 g/mol. The molecule has 5 aromatic rings. The van der Waals surface area contributed by atoms with Crippen molar-refractivity contribution in [3.05, 3.63) is 144 Å². The van der Waals surface area contributed by atoms with E-state index in [0.29, 0.717) is 19.0 Å². The average Bonchev–Trinajstić information content (AvgIpc) is 3.11. The number of ether oxygens (including phenoxy) is 3. The van der Waals surface area contributed by atoms with Crippen LogP contribution in [0.15, 0.2) is 116 Å². The Morgan fingerprint density at radius 1 is 0.583 bits per heavy atom. The minimum absolute atomic E-state index is 0.371. The highest BCUT2D eigenvalue weighted by Crippen LogP contribution is 2.24. The molecule has 0 heterocycles. The average molecular weight is 633 g/mol. The van der Waals surface area contributed by atoms with Crippen molar-refractivity contribution in [3.8, 4) is 35.2 Å². The van der Waals surface area contributed by atoms with Crippen LogP contribution < -0.4 is 9.47 Å². The zero-order valence-electron chi connectivity index (χ0n) is 27.0. The normalized spacial score (nSPS) is 10.3. The lowest BCUT2D eigenvalue weighted by molar-refractivity contribution is -0.137. The van der Waals surface area contributed by atoms with Crippen LogP contribution >= 0.6 is 0 Å². The Balaban J connectivity index is 1.15. The summed E-state index contributed by atoms with van der Waals surface area (Å²) in [4.78, 5) is 22.5. The predicted octanol–water partition coefficient (Wildman–Crippen LogP) is 8.86. The highest BCUT2D eigenvalue weighted by Gasteiger charge is 2.04. The van der Waals surface area contributed by atoms with Gasteiger partial charge in [0.25, 0.3) is 0 Å². The smallest absolute Gasteiger partial charge is 0.335 e. The molecule has 5 nitrogen and oxygen atoms in total. The van der Waals surface area contributed by atoms with Crippen molar-refractivity contribution < 1.29 is 23.8 Å². The molecule has 5 heteroatoms. The fraction of sp³-hybridized carbons (Fsp3) is 0.163. The van der Waals surface area contributed by atoms with Crippen molar-refractivity contribution in [1.29, 1.82) is 0 Å². The summed E-state index contributed by atoms with van der Waals surface area (Å²) in [7, 11) is 0. The molecule has 0 bridgehead atoms. The Kier molecular flexibility index (Phi) is 11.5. The van der Waals surface area contributed by atoms with Crippen LogP contribution in [0.3, 0.4) is 0 Å². The standard InChI is InChI=1S/C43H36O5/c1-4-42(44)47-25-9-7-6-8-24-46-40-22-20-36-28-34(15-18-38(36)29-40)13-17-35-16-12-32(26-31(35)3)10-11-33-14-19-39-30-41(48-43(45)5-2)23-21-37(39)27-33/h4-5,12,14-16,18-23,26-30H,1-2,6-9,24-25H2,3H3. The number of carbonyl (C=O) groups excluding carboxylic acids is 2. The maximum Gasteiger partial charge on any atom is 0.335 e. The van der Waals surface area contributed by atoms with Gasteiger partial charge in [0.15, 0.2) is 0 Å².